The van der Waals surface area contributed by atoms with Gasteiger partial charge < -0.3 is 16.4 Å². The monoisotopic (exact) mass is 325 g/mol. The number of benzene rings is 2. The highest BCUT2D eigenvalue weighted by Crippen LogP contribution is 2.24. The van der Waals surface area contributed by atoms with Crippen molar-refractivity contribution in [1.29, 1.82) is 0 Å². The summed E-state index contributed by atoms with van der Waals surface area (Å²) < 4.78 is 0. The van der Waals surface area contributed by atoms with Gasteiger partial charge in [0.2, 0.25) is 0 Å². The van der Waals surface area contributed by atoms with Crippen LogP contribution in [0.3, 0.4) is 0 Å². The summed E-state index contributed by atoms with van der Waals surface area (Å²) in [5, 5.41) is 6.22. The number of hydrogen-bond donors (Lipinski definition) is 3. The van der Waals surface area contributed by atoms with Crippen LogP contribution in [0, 0.1) is 0 Å². The van der Waals surface area contributed by atoms with Gasteiger partial charge in [-0.2, -0.15) is 0 Å². The highest BCUT2D eigenvalue weighted by molar-refractivity contribution is 6.01. The Bertz CT molecular complexity index is 665. The molecule has 4 heteroatoms. The maximum absolute atomic E-state index is 12.3. The van der Waals surface area contributed by atoms with E-state index in [4.69, 9.17) is 5.73 Å². The molecule has 0 saturated carbocycles. The number of rotatable bonds is 8. The number of unbranched alkanes of at least 4 members (excludes halogenated alkanes) is 1. The van der Waals surface area contributed by atoms with Crippen LogP contribution in [-0.4, -0.2) is 12.5 Å². The van der Waals surface area contributed by atoms with Crippen molar-refractivity contribution < 1.29 is 4.79 Å². The summed E-state index contributed by atoms with van der Waals surface area (Å²) in [7, 11) is 0. The minimum atomic E-state index is -0.105. The Morgan fingerprint density at radius 1 is 1.04 bits per heavy atom. The molecule has 24 heavy (non-hydrogen) atoms. The van der Waals surface area contributed by atoms with Crippen molar-refractivity contribution in [3.8, 4) is 0 Å². The molecule has 0 aliphatic rings. The average molecular weight is 325 g/mol. The highest BCUT2D eigenvalue weighted by Gasteiger charge is 2.11. The third-order valence-electron chi connectivity index (χ3n) is 3.88. The van der Waals surface area contributed by atoms with Crippen LogP contribution in [0.1, 0.15) is 49.0 Å². The van der Waals surface area contributed by atoms with E-state index in [1.165, 1.54) is 18.4 Å². The zero-order valence-corrected chi connectivity index (χ0v) is 14.6. The Morgan fingerprint density at radius 3 is 2.46 bits per heavy atom. The van der Waals surface area contributed by atoms with Crippen molar-refractivity contribution in [1.82, 2.24) is 5.32 Å². The van der Waals surface area contributed by atoms with Crippen LogP contribution < -0.4 is 16.4 Å². The van der Waals surface area contributed by atoms with Gasteiger partial charge in [-0.25, -0.2) is 0 Å². The Labute approximate surface area is 144 Å². The predicted molar refractivity (Wildman–Crippen MR) is 102 cm³/mol. The molecule has 0 heterocycles. The van der Waals surface area contributed by atoms with Crippen molar-refractivity contribution in [3.05, 3.63) is 53.6 Å². The molecule has 0 bridgehead atoms. The van der Waals surface area contributed by atoms with E-state index in [9.17, 15) is 4.79 Å². The van der Waals surface area contributed by atoms with E-state index in [1.54, 1.807) is 12.1 Å². The molecule has 1 amide bonds. The molecule has 0 aliphatic heterocycles. The molecule has 4 N–H and O–H groups in total. The molecule has 0 aromatic heterocycles. The van der Waals surface area contributed by atoms with Gasteiger partial charge in [0.15, 0.2) is 0 Å². The van der Waals surface area contributed by atoms with Crippen molar-refractivity contribution in [2.24, 2.45) is 0 Å². The number of amides is 1. The van der Waals surface area contributed by atoms with Crippen LogP contribution >= 0.6 is 0 Å². The normalized spacial score (nSPS) is 10.4. The molecule has 0 atom stereocenters. The molecular formula is C20H27N3O. The van der Waals surface area contributed by atoms with Gasteiger partial charge >= 0.3 is 0 Å². The lowest BCUT2D eigenvalue weighted by atomic mass is 10.1. The molecule has 4 nitrogen and oxygen atoms in total. The molecule has 0 saturated heterocycles. The molecule has 2 aromatic carbocycles. The lowest BCUT2D eigenvalue weighted by molar-refractivity contribution is 0.0954. The maximum atomic E-state index is 12.3. The van der Waals surface area contributed by atoms with Gasteiger partial charge in [0.25, 0.3) is 5.91 Å². The number of anilines is 3. The molecule has 0 unspecified atom stereocenters. The summed E-state index contributed by atoms with van der Waals surface area (Å²) in [6.07, 6.45) is 4.40. The lowest BCUT2D eigenvalue weighted by Gasteiger charge is -2.13. The third-order valence-corrected chi connectivity index (χ3v) is 3.88. The zero-order chi connectivity index (χ0) is 17.4. The first-order valence-electron chi connectivity index (χ1n) is 8.67. The second-order valence-corrected chi connectivity index (χ2v) is 5.99. The maximum Gasteiger partial charge on any atom is 0.253 e. The van der Waals surface area contributed by atoms with Gasteiger partial charge in [0, 0.05) is 17.9 Å². The topological polar surface area (TPSA) is 67.1 Å². The van der Waals surface area contributed by atoms with Gasteiger partial charge in [-0.05, 0) is 55.2 Å². The van der Waals surface area contributed by atoms with Crippen LogP contribution in [0.4, 0.5) is 17.1 Å². The first kappa shape index (κ1) is 17.9. The number of nitrogens with one attached hydrogen (secondary N) is 2. The molecule has 2 aromatic rings. The predicted octanol–water partition coefficient (Wildman–Crippen LogP) is 4.49. The second kappa shape index (κ2) is 8.96. The molecule has 0 fully saturated rings. The minimum absolute atomic E-state index is 0.105. The molecule has 0 radical (unpaired) electrons. The van der Waals surface area contributed by atoms with Gasteiger partial charge in [-0.1, -0.05) is 32.4 Å². The average Bonchev–Trinajstić information content (AvgIpc) is 2.60. The number of nitrogen functional groups attached to an aromatic ring is 1. The number of aryl methyl sites for hydroxylation is 1. The summed E-state index contributed by atoms with van der Waals surface area (Å²) in [5.41, 5.74) is 10.1. The zero-order valence-electron chi connectivity index (χ0n) is 14.6. The quantitative estimate of drug-likeness (QED) is 0.626. The van der Waals surface area contributed by atoms with E-state index in [2.05, 4.69) is 41.8 Å². The molecule has 0 spiro atoms. The summed E-state index contributed by atoms with van der Waals surface area (Å²) in [4.78, 5) is 12.3. The van der Waals surface area contributed by atoms with E-state index in [1.807, 2.05) is 13.0 Å². The minimum Gasteiger partial charge on any atom is -0.399 e. The molecule has 2 rings (SSSR count). The number of hydrogen-bond acceptors (Lipinski definition) is 3. The van der Waals surface area contributed by atoms with E-state index in [0.29, 0.717) is 17.8 Å². The van der Waals surface area contributed by atoms with Crippen molar-refractivity contribution in [2.75, 3.05) is 17.6 Å². The third kappa shape index (κ3) is 5.01. The van der Waals surface area contributed by atoms with E-state index in [-0.39, 0.29) is 5.91 Å². The number of carbonyl (C=O) groups is 1. The van der Waals surface area contributed by atoms with Crippen LogP contribution in [0.15, 0.2) is 42.5 Å². The fourth-order valence-electron chi connectivity index (χ4n) is 2.48. The van der Waals surface area contributed by atoms with Gasteiger partial charge in [0.05, 0.1) is 11.3 Å². The molecule has 128 valence electrons. The highest BCUT2D eigenvalue weighted by atomic mass is 16.1. The van der Waals surface area contributed by atoms with Crippen LogP contribution in [0.2, 0.25) is 0 Å². The van der Waals surface area contributed by atoms with E-state index >= 15 is 0 Å². The van der Waals surface area contributed by atoms with Crippen LogP contribution in [0.25, 0.3) is 0 Å². The Balaban J connectivity index is 2.15. The lowest BCUT2D eigenvalue weighted by Crippen LogP contribution is -2.24. The number of carbonyl (C=O) groups excluding carboxylic acids is 1. The second-order valence-electron chi connectivity index (χ2n) is 5.99. The first-order chi connectivity index (χ1) is 11.6. The van der Waals surface area contributed by atoms with E-state index < -0.39 is 0 Å². The van der Waals surface area contributed by atoms with Crippen molar-refractivity contribution in [3.63, 3.8) is 0 Å². The molecular weight excluding hydrogens is 298 g/mol. The number of nitrogens with two attached hydrogens (primary N) is 1. The summed E-state index contributed by atoms with van der Waals surface area (Å²) in [6, 6.07) is 13.7. The largest absolute Gasteiger partial charge is 0.399 e. The summed E-state index contributed by atoms with van der Waals surface area (Å²) in [6.45, 7) is 4.88. The van der Waals surface area contributed by atoms with Gasteiger partial charge in [-0.3, -0.25) is 4.79 Å². The van der Waals surface area contributed by atoms with E-state index in [0.717, 1.165) is 24.2 Å². The van der Waals surface area contributed by atoms with Crippen molar-refractivity contribution in [2.45, 2.75) is 39.5 Å². The molecule has 0 aliphatic carbocycles. The smallest absolute Gasteiger partial charge is 0.253 e. The SMILES string of the molecule is CCCCc1ccc(Nc2ccc(N)cc2C(=O)NCCC)cc1. The van der Waals surface area contributed by atoms with Crippen LogP contribution in [-0.2, 0) is 6.42 Å². The standard InChI is InChI=1S/C20H27N3O/c1-3-5-6-15-7-10-17(11-8-15)23-19-12-9-16(21)14-18(19)20(24)22-13-4-2/h7-12,14,23H,3-6,13,21H2,1-2H3,(H,22,24). The Hall–Kier alpha value is -2.49. The first-order valence-corrected chi connectivity index (χ1v) is 8.67. The van der Waals surface area contributed by atoms with Crippen molar-refractivity contribution >= 4 is 23.0 Å². The fraction of sp³-hybridized carbons (Fsp3) is 0.350. The van der Waals surface area contributed by atoms with Gasteiger partial charge in [0.1, 0.15) is 0 Å². The summed E-state index contributed by atoms with van der Waals surface area (Å²) in [5.74, 6) is -0.105. The Morgan fingerprint density at radius 2 is 1.79 bits per heavy atom. The fourth-order valence-corrected chi connectivity index (χ4v) is 2.48. The Kier molecular flexibility index (Phi) is 6.67. The van der Waals surface area contributed by atoms with Crippen LogP contribution in [0.5, 0.6) is 0 Å². The van der Waals surface area contributed by atoms with Gasteiger partial charge in [-0.15, -0.1) is 0 Å². The summed E-state index contributed by atoms with van der Waals surface area (Å²) >= 11 is 0.